The first-order valence-corrected chi connectivity index (χ1v) is 8.16. The summed E-state index contributed by atoms with van der Waals surface area (Å²) in [5.41, 5.74) is 1.17. The van der Waals surface area contributed by atoms with Crippen LogP contribution in [0, 0.1) is 6.92 Å². The molecule has 3 aromatic rings. The first kappa shape index (κ1) is 16.7. The number of aromatic nitrogens is 1. The number of methoxy groups -OCH3 is 1. The molecule has 0 atom stereocenters. The maximum atomic E-state index is 12.4. The molecule has 0 aliphatic rings. The fourth-order valence-corrected chi connectivity index (χ4v) is 2.95. The second-order valence-corrected chi connectivity index (χ2v) is 6.05. The average molecular weight is 357 g/mol. The number of hydrogen-bond acceptors (Lipinski definition) is 6. The van der Waals surface area contributed by atoms with Crippen LogP contribution in [0.2, 0.25) is 0 Å². The highest BCUT2D eigenvalue weighted by Gasteiger charge is 2.18. The van der Waals surface area contributed by atoms with Gasteiger partial charge in [-0.2, -0.15) is 0 Å². The maximum absolute atomic E-state index is 12.4. The number of rotatable bonds is 5. The highest BCUT2D eigenvalue weighted by atomic mass is 32.1. The number of nitrogens with zero attached hydrogens (tertiary/aromatic N) is 1. The minimum atomic E-state index is -0.416. The molecule has 2 amide bonds. The van der Waals surface area contributed by atoms with Gasteiger partial charge < -0.3 is 14.5 Å². The van der Waals surface area contributed by atoms with Crippen LogP contribution in [0.1, 0.15) is 25.9 Å². The van der Waals surface area contributed by atoms with Gasteiger partial charge in [-0.15, -0.1) is 0 Å². The van der Waals surface area contributed by atoms with Crippen molar-refractivity contribution in [1.82, 2.24) is 4.98 Å². The molecule has 0 saturated carbocycles. The van der Waals surface area contributed by atoms with E-state index < -0.39 is 5.91 Å². The van der Waals surface area contributed by atoms with Crippen LogP contribution >= 0.6 is 11.3 Å². The summed E-state index contributed by atoms with van der Waals surface area (Å²) in [5.74, 6) is 0.173. The topological polar surface area (TPSA) is 93.5 Å². The van der Waals surface area contributed by atoms with Gasteiger partial charge in [0.25, 0.3) is 11.8 Å². The molecule has 0 aliphatic heterocycles. The Hall–Kier alpha value is -3.13. The van der Waals surface area contributed by atoms with E-state index in [1.54, 1.807) is 50.4 Å². The highest BCUT2D eigenvalue weighted by Crippen LogP contribution is 2.25. The molecule has 8 heteroatoms. The molecular weight excluding hydrogens is 342 g/mol. The van der Waals surface area contributed by atoms with Crippen molar-refractivity contribution in [1.29, 1.82) is 0 Å². The molecule has 0 fully saturated rings. The molecule has 128 valence electrons. The zero-order valence-electron chi connectivity index (χ0n) is 13.5. The summed E-state index contributed by atoms with van der Waals surface area (Å²) in [7, 11) is 1.58. The smallest absolute Gasteiger partial charge is 0.293 e. The Bertz CT molecular complexity index is 885. The third-order valence-corrected chi connectivity index (χ3v) is 4.39. The van der Waals surface area contributed by atoms with Crippen molar-refractivity contribution < 1.29 is 18.7 Å². The molecular formula is C17H15N3O4S. The molecule has 0 aliphatic carbocycles. The van der Waals surface area contributed by atoms with Crippen LogP contribution in [-0.2, 0) is 0 Å². The first-order valence-electron chi connectivity index (χ1n) is 7.34. The summed E-state index contributed by atoms with van der Waals surface area (Å²) < 4.78 is 10.1. The number of nitrogens with one attached hydrogen (secondary N) is 2. The van der Waals surface area contributed by atoms with E-state index in [0.29, 0.717) is 27.1 Å². The lowest BCUT2D eigenvalue weighted by Crippen LogP contribution is -2.11. The number of thiazole rings is 1. The monoisotopic (exact) mass is 357 g/mol. The third kappa shape index (κ3) is 3.86. The molecule has 0 saturated heterocycles. The largest absolute Gasteiger partial charge is 0.497 e. The molecule has 7 nitrogen and oxygen atoms in total. The molecule has 0 bridgehead atoms. The van der Waals surface area contributed by atoms with Gasteiger partial charge in [-0.3, -0.25) is 14.9 Å². The number of ether oxygens (including phenoxy) is 1. The second kappa shape index (κ2) is 7.18. The molecule has 1 aromatic carbocycles. The van der Waals surface area contributed by atoms with E-state index in [2.05, 4.69) is 15.6 Å². The SMILES string of the molecule is COc1ccc(NC(=O)c2sc(NC(=O)c3ccco3)nc2C)cc1. The van der Waals surface area contributed by atoms with Gasteiger partial charge in [0.15, 0.2) is 10.9 Å². The standard InChI is InChI=1S/C17H15N3O4S/c1-10-14(16(22)19-11-5-7-12(23-2)8-6-11)25-17(18-10)20-15(21)13-4-3-9-24-13/h3-9H,1-2H3,(H,19,22)(H,18,20,21). The number of carbonyl (C=O) groups excluding carboxylic acids is 2. The molecule has 0 unspecified atom stereocenters. The Balaban J connectivity index is 1.70. The van der Waals surface area contributed by atoms with Crippen LogP contribution in [0.25, 0.3) is 0 Å². The van der Waals surface area contributed by atoms with E-state index >= 15 is 0 Å². The summed E-state index contributed by atoms with van der Waals surface area (Å²) in [6, 6.07) is 10.2. The van der Waals surface area contributed by atoms with Gasteiger partial charge >= 0.3 is 0 Å². The summed E-state index contributed by atoms with van der Waals surface area (Å²) in [5, 5.41) is 5.74. The number of amides is 2. The number of carbonyl (C=O) groups is 2. The van der Waals surface area contributed by atoms with Gasteiger partial charge in [0.2, 0.25) is 0 Å². The van der Waals surface area contributed by atoms with Crippen molar-refractivity contribution in [3.05, 3.63) is 59.0 Å². The lowest BCUT2D eigenvalue weighted by atomic mass is 10.3. The van der Waals surface area contributed by atoms with Gasteiger partial charge in [-0.05, 0) is 43.3 Å². The molecule has 3 rings (SSSR count). The Morgan fingerprint density at radius 1 is 1.12 bits per heavy atom. The number of hydrogen-bond donors (Lipinski definition) is 2. The Morgan fingerprint density at radius 3 is 2.52 bits per heavy atom. The summed E-state index contributed by atoms with van der Waals surface area (Å²) >= 11 is 1.10. The minimum Gasteiger partial charge on any atom is -0.497 e. The lowest BCUT2D eigenvalue weighted by Gasteiger charge is -2.05. The van der Waals surface area contributed by atoms with Gasteiger partial charge in [-0.25, -0.2) is 4.98 Å². The molecule has 25 heavy (non-hydrogen) atoms. The van der Waals surface area contributed by atoms with Crippen molar-refractivity contribution in [2.24, 2.45) is 0 Å². The molecule has 2 N–H and O–H groups in total. The van der Waals surface area contributed by atoms with E-state index in [9.17, 15) is 9.59 Å². The average Bonchev–Trinajstić information content (AvgIpc) is 3.25. The van der Waals surface area contributed by atoms with E-state index in [0.717, 1.165) is 11.3 Å². The van der Waals surface area contributed by atoms with Gasteiger partial charge in [0, 0.05) is 5.69 Å². The van der Waals surface area contributed by atoms with Crippen molar-refractivity contribution in [3.63, 3.8) is 0 Å². The van der Waals surface area contributed by atoms with Crippen molar-refractivity contribution >= 4 is 34.0 Å². The van der Waals surface area contributed by atoms with Crippen molar-refractivity contribution in [2.45, 2.75) is 6.92 Å². The van der Waals surface area contributed by atoms with Crippen LogP contribution in [0.5, 0.6) is 5.75 Å². The van der Waals surface area contributed by atoms with Crippen molar-refractivity contribution in [3.8, 4) is 5.75 Å². The van der Waals surface area contributed by atoms with Crippen LogP contribution in [0.15, 0.2) is 47.1 Å². The third-order valence-electron chi connectivity index (χ3n) is 3.32. The quantitative estimate of drug-likeness (QED) is 0.728. The van der Waals surface area contributed by atoms with E-state index in [-0.39, 0.29) is 11.7 Å². The predicted octanol–water partition coefficient (Wildman–Crippen LogP) is 3.56. The predicted molar refractivity (Wildman–Crippen MR) is 94.5 cm³/mol. The second-order valence-electron chi connectivity index (χ2n) is 5.05. The number of benzene rings is 1. The maximum Gasteiger partial charge on any atom is 0.293 e. The van der Waals surface area contributed by atoms with Gasteiger partial charge in [-0.1, -0.05) is 11.3 Å². The fourth-order valence-electron chi connectivity index (χ4n) is 2.09. The van der Waals surface area contributed by atoms with Crippen LogP contribution in [0.4, 0.5) is 10.8 Å². The van der Waals surface area contributed by atoms with Crippen molar-refractivity contribution in [2.75, 3.05) is 17.7 Å². The summed E-state index contributed by atoms with van der Waals surface area (Å²) in [6.07, 6.45) is 1.41. The number of anilines is 2. The van der Waals surface area contributed by atoms with Gasteiger partial charge in [0.1, 0.15) is 10.6 Å². The summed E-state index contributed by atoms with van der Waals surface area (Å²) in [6.45, 7) is 1.71. The Labute approximate surface area is 147 Å². The Kier molecular flexibility index (Phi) is 4.80. The van der Waals surface area contributed by atoms with Gasteiger partial charge in [0.05, 0.1) is 19.1 Å². The van der Waals surface area contributed by atoms with Crippen LogP contribution in [-0.4, -0.2) is 23.9 Å². The van der Waals surface area contributed by atoms with E-state index in [4.69, 9.17) is 9.15 Å². The minimum absolute atomic E-state index is 0.178. The zero-order chi connectivity index (χ0) is 17.8. The lowest BCUT2D eigenvalue weighted by molar-refractivity contribution is 0.0994. The zero-order valence-corrected chi connectivity index (χ0v) is 14.3. The molecule has 2 aromatic heterocycles. The fraction of sp³-hybridized carbons (Fsp3) is 0.118. The highest BCUT2D eigenvalue weighted by molar-refractivity contribution is 7.17. The molecule has 0 spiro atoms. The number of aryl methyl sites for hydroxylation is 1. The van der Waals surface area contributed by atoms with Crippen LogP contribution < -0.4 is 15.4 Å². The normalized spacial score (nSPS) is 10.3. The molecule has 0 radical (unpaired) electrons. The van der Waals surface area contributed by atoms with E-state index in [1.807, 2.05) is 0 Å². The summed E-state index contributed by atoms with van der Waals surface area (Å²) in [4.78, 5) is 29.0. The van der Waals surface area contributed by atoms with Crippen LogP contribution in [0.3, 0.4) is 0 Å². The molecule has 2 heterocycles. The first-order chi connectivity index (χ1) is 12.1. The van der Waals surface area contributed by atoms with E-state index in [1.165, 1.54) is 6.26 Å². The Morgan fingerprint density at radius 2 is 1.88 bits per heavy atom. The number of furan rings is 1.